The van der Waals surface area contributed by atoms with Gasteiger partial charge < -0.3 is 29.4 Å². The molecule has 0 unspecified atom stereocenters. The third kappa shape index (κ3) is 6.30. The number of hydrogen-bond acceptors (Lipinski definition) is 6. The molecule has 8 nitrogen and oxygen atoms in total. The number of nitrogens with zero attached hydrogens (tertiary/aromatic N) is 2. The van der Waals surface area contributed by atoms with Gasteiger partial charge in [0.25, 0.3) is 0 Å². The lowest BCUT2D eigenvalue weighted by Crippen LogP contribution is -2.38. The van der Waals surface area contributed by atoms with Crippen LogP contribution in [0.15, 0.2) is 27.7 Å². The van der Waals surface area contributed by atoms with Crippen molar-refractivity contribution in [1.29, 1.82) is 0 Å². The third-order valence-corrected chi connectivity index (χ3v) is 4.39. The Kier molecular flexibility index (Phi) is 8.64. The van der Waals surface area contributed by atoms with E-state index in [9.17, 15) is 0 Å². The van der Waals surface area contributed by atoms with Gasteiger partial charge in [0.1, 0.15) is 23.8 Å². The Morgan fingerprint density at radius 3 is 2.28 bits per heavy atom. The van der Waals surface area contributed by atoms with E-state index in [4.69, 9.17) is 18.7 Å². The predicted octanol–water partition coefficient (Wildman–Crippen LogP) is 3.12. The van der Waals surface area contributed by atoms with Gasteiger partial charge >= 0.3 is 0 Å². The highest BCUT2D eigenvalue weighted by molar-refractivity contribution is 5.79. The Labute approximate surface area is 172 Å². The van der Waals surface area contributed by atoms with Gasteiger partial charge in [-0.3, -0.25) is 0 Å². The van der Waals surface area contributed by atoms with Crippen molar-refractivity contribution >= 4 is 5.96 Å². The fraction of sp³-hybridized carbons (Fsp3) is 0.524. The van der Waals surface area contributed by atoms with Crippen LogP contribution in [-0.2, 0) is 13.0 Å². The summed E-state index contributed by atoms with van der Waals surface area (Å²) in [4.78, 5) is 4.58. The summed E-state index contributed by atoms with van der Waals surface area (Å²) in [6.45, 7) is 8.02. The molecule has 0 amide bonds. The standard InChI is InChI=1S/C21H32N4O4/c1-7-22-21(24-13-16-10-18(14(2)3)25-29-16)23-9-8-17-19(27-5)11-15(26-4)12-20(17)28-6/h10-12,14H,7-9,13H2,1-6H3,(H2,22,23,24). The van der Waals surface area contributed by atoms with Gasteiger partial charge in [-0.25, -0.2) is 4.99 Å². The number of guanidine groups is 1. The average Bonchev–Trinajstić information content (AvgIpc) is 3.21. The predicted molar refractivity (Wildman–Crippen MR) is 113 cm³/mol. The summed E-state index contributed by atoms with van der Waals surface area (Å²) >= 11 is 0. The summed E-state index contributed by atoms with van der Waals surface area (Å²) in [6, 6.07) is 5.66. The number of aliphatic imine (C=N–C) groups is 1. The second-order valence-electron chi connectivity index (χ2n) is 6.76. The molecule has 0 fully saturated rings. The summed E-state index contributed by atoms with van der Waals surface area (Å²) in [7, 11) is 4.90. The summed E-state index contributed by atoms with van der Waals surface area (Å²) in [5.41, 5.74) is 1.91. The Bertz CT molecular complexity index is 777. The average molecular weight is 405 g/mol. The topological polar surface area (TPSA) is 90.1 Å². The zero-order chi connectivity index (χ0) is 21.2. The number of aromatic nitrogens is 1. The van der Waals surface area contributed by atoms with Gasteiger partial charge in [0, 0.05) is 36.9 Å². The molecule has 8 heteroatoms. The fourth-order valence-electron chi connectivity index (χ4n) is 2.80. The van der Waals surface area contributed by atoms with E-state index in [1.807, 2.05) is 25.1 Å². The molecule has 2 aromatic rings. The lowest BCUT2D eigenvalue weighted by atomic mass is 10.1. The summed E-state index contributed by atoms with van der Waals surface area (Å²) in [5.74, 6) is 3.93. The van der Waals surface area contributed by atoms with Crippen molar-refractivity contribution in [2.45, 2.75) is 39.7 Å². The van der Waals surface area contributed by atoms with Crippen LogP contribution in [0.25, 0.3) is 0 Å². The number of hydrogen-bond donors (Lipinski definition) is 2. The number of benzene rings is 1. The maximum Gasteiger partial charge on any atom is 0.191 e. The van der Waals surface area contributed by atoms with E-state index in [2.05, 4.69) is 34.6 Å². The van der Waals surface area contributed by atoms with Crippen LogP contribution in [0.3, 0.4) is 0 Å². The summed E-state index contributed by atoms with van der Waals surface area (Å²) in [6.07, 6.45) is 0.695. The van der Waals surface area contributed by atoms with Gasteiger partial charge in [0.05, 0.1) is 27.0 Å². The SMILES string of the molecule is CCNC(=NCc1cc(C(C)C)no1)NCCc1c(OC)cc(OC)cc1OC. The van der Waals surface area contributed by atoms with Crippen LogP contribution < -0.4 is 24.8 Å². The van der Waals surface area contributed by atoms with E-state index in [0.29, 0.717) is 37.1 Å². The Morgan fingerprint density at radius 2 is 1.76 bits per heavy atom. The molecule has 2 rings (SSSR count). The maximum absolute atomic E-state index is 5.51. The smallest absolute Gasteiger partial charge is 0.191 e. The first-order valence-corrected chi connectivity index (χ1v) is 9.78. The molecule has 0 radical (unpaired) electrons. The van der Waals surface area contributed by atoms with Gasteiger partial charge in [-0.1, -0.05) is 19.0 Å². The highest BCUT2D eigenvalue weighted by Crippen LogP contribution is 2.34. The molecule has 0 spiro atoms. The highest BCUT2D eigenvalue weighted by Gasteiger charge is 2.13. The van der Waals surface area contributed by atoms with Crippen LogP contribution in [-0.4, -0.2) is 45.5 Å². The third-order valence-electron chi connectivity index (χ3n) is 4.39. The van der Waals surface area contributed by atoms with E-state index in [1.165, 1.54) is 0 Å². The number of rotatable bonds is 10. The minimum atomic E-state index is 0.331. The number of nitrogens with one attached hydrogen (secondary N) is 2. The first-order valence-electron chi connectivity index (χ1n) is 9.78. The first kappa shape index (κ1) is 22.4. The second-order valence-corrected chi connectivity index (χ2v) is 6.76. The van der Waals surface area contributed by atoms with E-state index in [-0.39, 0.29) is 0 Å². The van der Waals surface area contributed by atoms with Gasteiger partial charge in [-0.15, -0.1) is 0 Å². The molecule has 0 saturated carbocycles. The zero-order valence-corrected chi connectivity index (χ0v) is 18.2. The van der Waals surface area contributed by atoms with Crippen LogP contribution in [0.2, 0.25) is 0 Å². The molecular weight excluding hydrogens is 372 g/mol. The van der Waals surface area contributed by atoms with Crippen molar-refractivity contribution in [3.05, 3.63) is 35.2 Å². The molecule has 0 bridgehead atoms. The summed E-state index contributed by atoms with van der Waals surface area (Å²) in [5, 5.41) is 10.6. The Morgan fingerprint density at radius 1 is 1.07 bits per heavy atom. The molecule has 0 aliphatic rings. The molecule has 1 aromatic heterocycles. The van der Waals surface area contributed by atoms with Crippen LogP contribution in [0.5, 0.6) is 17.2 Å². The van der Waals surface area contributed by atoms with Crippen molar-refractivity contribution in [3.63, 3.8) is 0 Å². The lowest BCUT2D eigenvalue weighted by molar-refractivity contribution is 0.368. The van der Waals surface area contributed by atoms with Crippen molar-refractivity contribution in [2.75, 3.05) is 34.4 Å². The van der Waals surface area contributed by atoms with Crippen molar-refractivity contribution in [1.82, 2.24) is 15.8 Å². The molecule has 1 heterocycles. The quantitative estimate of drug-likeness (QED) is 0.464. The second kappa shape index (κ2) is 11.2. The molecule has 0 aliphatic heterocycles. The first-order chi connectivity index (χ1) is 14.0. The van der Waals surface area contributed by atoms with Gasteiger partial charge in [-0.05, 0) is 19.3 Å². The molecule has 160 valence electrons. The molecule has 0 saturated heterocycles. The minimum absolute atomic E-state index is 0.331. The lowest BCUT2D eigenvalue weighted by Gasteiger charge is -2.16. The minimum Gasteiger partial charge on any atom is -0.496 e. The van der Waals surface area contributed by atoms with Crippen molar-refractivity contribution in [3.8, 4) is 17.2 Å². The maximum atomic E-state index is 5.51. The fourth-order valence-corrected chi connectivity index (χ4v) is 2.80. The van der Waals surface area contributed by atoms with E-state index < -0.39 is 0 Å². The van der Waals surface area contributed by atoms with Crippen LogP contribution in [0.1, 0.15) is 43.7 Å². The van der Waals surface area contributed by atoms with E-state index >= 15 is 0 Å². The molecule has 0 aliphatic carbocycles. The van der Waals surface area contributed by atoms with E-state index in [1.54, 1.807) is 21.3 Å². The van der Waals surface area contributed by atoms with E-state index in [0.717, 1.165) is 35.1 Å². The van der Waals surface area contributed by atoms with Crippen LogP contribution >= 0.6 is 0 Å². The number of methoxy groups -OCH3 is 3. The highest BCUT2D eigenvalue weighted by atomic mass is 16.5. The van der Waals surface area contributed by atoms with Crippen molar-refractivity contribution in [2.24, 2.45) is 4.99 Å². The van der Waals surface area contributed by atoms with Crippen molar-refractivity contribution < 1.29 is 18.7 Å². The number of ether oxygens (including phenoxy) is 3. The Hall–Kier alpha value is -2.90. The van der Waals surface area contributed by atoms with Gasteiger partial charge in [0.15, 0.2) is 11.7 Å². The normalized spacial score (nSPS) is 11.5. The molecule has 29 heavy (non-hydrogen) atoms. The molecular formula is C21H32N4O4. The van der Waals surface area contributed by atoms with Crippen LogP contribution in [0.4, 0.5) is 0 Å². The summed E-state index contributed by atoms with van der Waals surface area (Å²) < 4.78 is 21.7. The van der Waals surface area contributed by atoms with Crippen LogP contribution in [0, 0.1) is 0 Å². The Balaban J connectivity index is 2.03. The zero-order valence-electron chi connectivity index (χ0n) is 18.2. The molecule has 1 aromatic carbocycles. The molecule has 2 N–H and O–H groups in total. The van der Waals surface area contributed by atoms with Gasteiger partial charge in [-0.2, -0.15) is 0 Å². The van der Waals surface area contributed by atoms with Gasteiger partial charge in [0.2, 0.25) is 0 Å². The molecule has 0 atom stereocenters. The monoisotopic (exact) mass is 404 g/mol. The largest absolute Gasteiger partial charge is 0.496 e.